The zero-order chi connectivity index (χ0) is 18.0. The Bertz CT molecular complexity index is 935. The lowest BCUT2D eigenvalue weighted by Gasteiger charge is -2.01. The average Bonchev–Trinajstić information content (AvgIpc) is 2.90. The van der Waals surface area contributed by atoms with Crippen LogP contribution in [-0.2, 0) is 4.79 Å². The van der Waals surface area contributed by atoms with E-state index in [0.29, 0.717) is 15.6 Å². The number of aryl methyl sites for hydroxylation is 2. The fourth-order valence-electron chi connectivity index (χ4n) is 2.27. The van der Waals surface area contributed by atoms with Gasteiger partial charge in [-0.1, -0.05) is 18.2 Å². The molecule has 0 aromatic heterocycles. The molecule has 7 heteroatoms. The maximum absolute atomic E-state index is 12.1. The Balaban J connectivity index is 1.84. The summed E-state index contributed by atoms with van der Waals surface area (Å²) in [6.45, 7) is 4.03. The van der Waals surface area contributed by atoms with Crippen molar-refractivity contribution in [3.8, 4) is 0 Å². The molecule has 0 aliphatic carbocycles. The minimum absolute atomic E-state index is 0.0122. The molecule has 1 saturated heterocycles. The van der Waals surface area contributed by atoms with Gasteiger partial charge in [0.15, 0.2) is 5.17 Å². The summed E-state index contributed by atoms with van der Waals surface area (Å²) in [7, 11) is 0. The SMILES string of the molecule is Cc1ccc(N=C2NC(=O)/C(=C/c3cccc([N+](=O)[O-])c3)S2)cc1C. The van der Waals surface area contributed by atoms with E-state index in [-0.39, 0.29) is 11.6 Å². The average molecular weight is 353 g/mol. The summed E-state index contributed by atoms with van der Waals surface area (Å²) in [4.78, 5) is 27.4. The van der Waals surface area contributed by atoms with Gasteiger partial charge in [0.1, 0.15) is 0 Å². The highest BCUT2D eigenvalue weighted by Crippen LogP contribution is 2.29. The molecule has 126 valence electrons. The van der Waals surface area contributed by atoms with Crippen LogP contribution in [0.5, 0.6) is 0 Å². The second-order valence-electron chi connectivity index (χ2n) is 5.60. The van der Waals surface area contributed by atoms with E-state index in [4.69, 9.17) is 0 Å². The second kappa shape index (κ2) is 6.90. The van der Waals surface area contributed by atoms with Crippen molar-refractivity contribution in [3.63, 3.8) is 0 Å². The molecule has 0 unspecified atom stereocenters. The minimum Gasteiger partial charge on any atom is -0.300 e. The molecule has 0 atom stereocenters. The van der Waals surface area contributed by atoms with Crippen molar-refractivity contribution < 1.29 is 9.72 Å². The van der Waals surface area contributed by atoms with E-state index in [1.54, 1.807) is 18.2 Å². The molecular weight excluding hydrogens is 338 g/mol. The Morgan fingerprint density at radius 3 is 2.68 bits per heavy atom. The first-order chi connectivity index (χ1) is 11.9. The van der Waals surface area contributed by atoms with E-state index in [9.17, 15) is 14.9 Å². The number of amides is 1. The zero-order valence-electron chi connectivity index (χ0n) is 13.6. The van der Waals surface area contributed by atoms with E-state index in [2.05, 4.69) is 10.3 Å². The number of carbonyl (C=O) groups is 1. The van der Waals surface area contributed by atoms with Gasteiger partial charge in [-0.15, -0.1) is 0 Å². The van der Waals surface area contributed by atoms with Crippen LogP contribution in [0.4, 0.5) is 11.4 Å². The summed E-state index contributed by atoms with van der Waals surface area (Å²) in [5.41, 5.74) is 3.66. The number of non-ortho nitro benzene ring substituents is 1. The number of nitro benzene ring substituents is 1. The van der Waals surface area contributed by atoms with Gasteiger partial charge in [0.25, 0.3) is 11.6 Å². The van der Waals surface area contributed by atoms with Gasteiger partial charge < -0.3 is 5.32 Å². The number of rotatable bonds is 3. The zero-order valence-corrected chi connectivity index (χ0v) is 14.5. The van der Waals surface area contributed by atoms with Gasteiger partial charge in [-0.25, -0.2) is 4.99 Å². The highest BCUT2D eigenvalue weighted by Gasteiger charge is 2.24. The lowest BCUT2D eigenvalue weighted by Crippen LogP contribution is -2.19. The fourth-order valence-corrected chi connectivity index (χ4v) is 3.11. The Morgan fingerprint density at radius 1 is 1.16 bits per heavy atom. The number of hydrogen-bond acceptors (Lipinski definition) is 5. The molecule has 1 heterocycles. The van der Waals surface area contributed by atoms with E-state index in [0.717, 1.165) is 11.3 Å². The maximum atomic E-state index is 12.1. The van der Waals surface area contributed by atoms with Gasteiger partial charge in [0.05, 0.1) is 15.5 Å². The van der Waals surface area contributed by atoms with E-state index in [1.807, 2.05) is 32.0 Å². The van der Waals surface area contributed by atoms with Gasteiger partial charge in [0.2, 0.25) is 0 Å². The van der Waals surface area contributed by atoms with Crippen molar-refractivity contribution in [2.75, 3.05) is 0 Å². The summed E-state index contributed by atoms with van der Waals surface area (Å²) >= 11 is 1.21. The molecule has 0 spiro atoms. The molecule has 2 aromatic carbocycles. The van der Waals surface area contributed by atoms with Crippen molar-refractivity contribution in [2.45, 2.75) is 13.8 Å². The van der Waals surface area contributed by atoms with Crippen LogP contribution in [-0.4, -0.2) is 16.0 Å². The Kier molecular flexibility index (Phi) is 4.67. The van der Waals surface area contributed by atoms with Crippen molar-refractivity contribution >= 4 is 40.3 Å². The van der Waals surface area contributed by atoms with Crippen LogP contribution in [0.2, 0.25) is 0 Å². The van der Waals surface area contributed by atoms with E-state index in [1.165, 1.54) is 29.5 Å². The molecule has 2 aromatic rings. The Morgan fingerprint density at radius 2 is 1.96 bits per heavy atom. The van der Waals surface area contributed by atoms with Crippen molar-refractivity contribution in [3.05, 3.63) is 74.2 Å². The molecule has 1 amide bonds. The number of aliphatic imine (C=N–C) groups is 1. The van der Waals surface area contributed by atoms with Crippen LogP contribution in [0.1, 0.15) is 16.7 Å². The van der Waals surface area contributed by atoms with Gasteiger partial charge >= 0.3 is 0 Å². The molecule has 0 saturated carbocycles. The van der Waals surface area contributed by atoms with Crippen LogP contribution in [0.3, 0.4) is 0 Å². The third kappa shape index (κ3) is 3.95. The predicted octanol–water partition coefficient (Wildman–Crippen LogP) is 4.10. The maximum Gasteiger partial charge on any atom is 0.270 e. The smallest absolute Gasteiger partial charge is 0.270 e. The number of carbonyl (C=O) groups excluding carboxylic acids is 1. The standard InChI is InChI=1S/C18H15N3O3S/c1-11-6-7-14(8-12(11)2)19-18-20-17(22)16(25-18)10-13-4-3-5-15(9-13)21(23)24/h3-10H,1-2H3,(H,19,20,22)/b16-10-. The lowest BCUT2D eigenvalue weighted by atomic mass is 10.1. The minimum atomic E-state index is -0.462. The van der Waals surface area contributed by atoms with E-state index >= 15 is 0 Å². The summed E-state index contributed by atoms with van der Waals surface area (Å²) < 4.78 is 0. The second-order valence-corrected chi connectivity index (χ2v) is 6.63. The lowest BCUT2D eigenvalue weighted by molar-refractivity contribution is -0.384. The molecule has 6 nitrogen and oxygen atoms in total. The predicted molar refractivity (Wildman–Crippen MR) is 99.8 cm³/mol. The number of nitrogens with one attached hydrogen (secondary N) is 1. The summed E-state index contributed by atoms with van der Waals surface area (Å²) in [5.74, 6) is -0.265. The first-order valence-electron chi connectivity index (χ1n) is 7.54. The molecule has 1 aliphatic heterocycles. The molecule has 0 bridgehead atoms. The molecule has 1 N–H and O–H groups in total. The molecule has 1 aliphatic rings. The number of nitrogens with zero attached hydrogens (tertiary/aromatic N) is 2. The van der Waals surface area contributed by atoms with E-state index < -0.39 is 4.92 Å². The number of benzene rings is 2. The summed E-state index contributed by atoms with van der Waals surface area (Å²) in [5, 5.41) is 14.0. The van der Waals surface area contributed by atoms with Gasteiger partial charge in [-0.3, -0.25) is 14.9 Å². The highest BCUT2D eigenvalue weighted by atomic mass is 32.2. The van der Waals surface area contributed by atoms with Crippen molar-refractivity contribution in [1.82, 2.24) is 5.32 Å². The van der Waals surface area contributed by atoms with Gasteiger partial charge in [-0.2, -0.15) is 0 Å². The molecule has 0 radical (unpaired) electrons. The Hall–Kier alpha value is -2.93. The van der Waals surface area contributed by atoms with Crippen LogP contribution in [0.25, 0.3) is 6.08 Å². The third-order valence-electron chi connectivity index (χ3n) is 3.75. The van der Waals surface area contributed by atoms with Crippen LogP contribution in [0, 0.1) is 24.0 Å². The number of amidine groups is 1. The highest BCUT2D eigenvalue weighted by molar-refractivity contribution is 8.18. The quantitative estimate of drug-likeness (QED) is 0.511. The first kappa shape index (κ1) is 16.9. The monoisotopic (exact) mass is 353 g/mol. The van der Waals surface area contributed by atoms with Crippen molar-refractivity contribution in [1.29, 1.82) is 0 Å². The largest absolute Gasteiger partial charge is 0.300 e. The molecular formula is C18H15N3O3S. The summed E-state index contributed by atoms with van der Waals surface area (Å²) in [6.07, 6.45) is 1.62. The number of nitro groups is 1. The molecule has 1 fully saturated rings. The van der Waals surface area contributed by atoms with Gasteiger partial charge in [0, 0.05) is 12.1 Å². The number of hydrogen-bond donors (Lipinski definition) is 1. The van der Waals surface area contributed by atoms with Crippen LogP contribution >= 0.6 is 11.8 Å². The van der Waals surface area contributed by atoms with Crippen LogP contribution < -0.4 is 5.32 Å². The molecule has 3 rings (SSSR count). The fraction of sp³-hybridized carbons (Fsp3) is 0.111. The molecule has 25 heavy (non-hydrogen) atoms. The first-order valence-corrected chi connectivity index (χ1v) is 8.35. The number of thioether (sulfide) groups is 1. The van der Waals surface area contributed by atoms with Crippen LogP contribution in [0.15, 0.2) is 52.4 Å². The normalized spacial score (nSPS) is 17.1. The van der Waals surface area contributed by atoms with Crippen molar-refractivity contribution in [2.24, 2.45) is 4.99 Å². The third-order valence-corrected chi connectivity index (χ3v) is 4.66. The Labute approximate surface area is 148 Å². The topological polar surface area (TPSA) is 84.6 Å². The summed E-state index contributed by atoms with van der Waals surface area (Å²) in [6, 6.07) is 12.0. The van der Waals surface area contributed by atoms with Gasteiger partial charge in [-0.05, 0) is 60.5 Å².